The van der Waals surface area contributed by atoms with Crippen LogP contribution in [0.25, 0.3) is 0 Å². The van der Waals surface area contributed by atoms with Gasteiger partial charge in [0.15, 0.2) is 0 Å². The summed E-state index contributed by atoms with van der Waals surface area (Å²) in [5.41, 5.74) is 3.38. The molecule has 6 nitrogen and oxygen atoms in total. The van der Waals surface area contributed by atoms with Gasteiger partial charge in [0, 0.05) is 0 Å². The molecule has 23 heavy (non-hydrogen) atoms. The molecule has 0 saturated carbocycles. The van der Waals surface area contributed by atoms with Crippen molar-refractivity contribution >= 4 is 33.7 Å². The summed E-state index contributed by atoms with van der Waals surface area (Å²) in [5.74, 6) is 0.566. The molecular weight excluding hydrogens is 332 g/mol. The summed E-state index contributed by atoms with van der Waals surface area (Å²) in [6.45, 7) is 4.15. The molecule has 0 aliphatic rings. The molecule has 1 aromatic carbocycles. The first-order valence-electron chi connectivity index (χ1n) is 6.85. The summed E-state index contributed by atoms with van der Waals surface area (Å²) in [6, 6.07) is 7.81. The second-order valence-corrected chi connectivity index (χ2v) is 6.74. The molecule has 1 amide bonds. The van der Waals surface area contributed by atoms with Crippen LogP contribution in [0.5, 0.6) is 5.75 Å². The lowest BCUT2D eigenvalue weighted by atomic mass is 10.2. The number of amides is 1. The summed E-state index contributed by atoms with van der Waals surface area (Å²) in [4.78, 5) is 17.2. The minimum absolute atomic E-state index is 0.224. The van der Waals surface area contributed by atoms with Gasteiger partial charge in [-0.2, -0.15) is 0 Å². The van der Waals surface area contributed by atoms with Crippen molar-refractivity contribution in [1.82, 2.24) is 15.2 Å². The summed E-state index contributed by atoms with van der Waals surface area (Å²) in [7, 11) is 0. The Bertz CT molecular complexity index is 815. The third-order valence-corrected chi connectivity index (χ3v) is 4.72. The zero-order valence-corrected chi connectivity index (χ0v) is 14.2. The first-order valence-corrected chi connectivity index (χ1v) is 8.55. The van der Waals surface area contributed by atoms with Crippen LogP contribution >= 0.6 is 22.7 Å². The van der Waals surface area contributed by atoms with E-state index in [1.165, 1.54) is 22.7 Å². The molecule has 1 N–H and O–H groups in total. The normalized spacial score (nSPS) is 10.5. The van der Waals surface area contributed by atoms with E-state index < -0.39 is 0 Å². The third kappa shape index (κ3) is 3.91. The predicted molar refractivity (Wildman–Crippen MR) is 90.2 cm³/mol. The summed E-state index contributed by atoms with van der Waals surface area (Å²) < 4.78 is 5.72. The van der Waals surface area contributed by atoms with E-state index in [1.807, 2.05) is 38.1 Å². The monoisotopic (exact) mass is 346 g/mol. The van der Waals surface area contributed by atoms with Gasteiger partial charge >= 0.3 is 0 Å². The fourth-order valence-corrected chi connectivity index (χ4v) is 3.27. The van der Waals surface area contributed by atoms with Gasteiger partial charge in [-0.15, -0.1) is 21.5 Å². The maximum absolute atomic E-state index is 12.2. The van der Waals surface area contributed by atoms with Gasteiger partial charge in [0.25, 0.3) is 5.91 Å². The Morgan fingerprint density at radius 2 is 2.22 bits per heavy atom. The minimum atomic E-state index is -0.224. The van der Waals surface area contributed by atoms with Crippen molar-refractivity contribution in [3.63, 3.8) is 0 Å². The van der Waals surface area contributed by atoms with Crippen molar-refractivity contribution in [1.29, 1.82) is 0 Å². The number of carbonyl (C=O) groups is 1. The van der Waals surface area contributed by atoms with Crippen LogP contribution in [0.15, 0.2) is 29.8 Å². The van der Waals surface area contributed by atoms with E-state index in [0.29, 0.717) is 22.3 Å². The molecule has 0 atom stereocenters. The Kier molecular flexibility index (Phi) is 4.63. The molecule has 3 aromatic rings. The third-order valence-electron chi connectivity index (χ3n) is 2.98. The number of anilines is 1. The highest BCUT2D eigenvalue weighted by molar-refractivity contribution is 7.15. The van der Waals surface area contributed by atoms with Crippen molar-refractivity contribution in [2.45, 2.75) is 20.5 Å². The number of ether oxygens (including phenoxy) is 1. The lowest BCUT2D eigenvalue weighted by Gasteiger charge is -2.04. The van der Waals surface area contributed by atoms with Gasteiger partial charge in [-0.05, 0) is 31.5 Å². The van der Waals surface area contributed by atoms with Gasteiger partial charge < -0.3 is 4.74 Å². The van der Waals surface area contributed by atoms with E-state index in [-0.39, 0.29) is 5.91 Å². The zero-order valence-electron chi connectivity index (χ0n) is 12.6. The first-order chi connectivity index (χ1) is 11.1. The van der Waals surface area contributed by atoms with E-state index in [0.717, 1.165) is 16.3 Å². The number of aryl methyl sites for hydroxylation is 2. The Hall–Kier alpha value is -2.32. The number of hydrogen-bond donors (Lipinski definition) is 1. The quantitative estimate of drug-likeness (QED) is 0.766. The molecule has 0 fully saturated rings. The Balaban J connectivity index is 1.67. The fourth-order valence-electron chi connectivity index (χ4n) is 1.96. The number of nitrogens with one attached hydrogen (secondary N) is 1. The molecule has 0 saturated heterocycles. The van der Waals surface area contributed by atoms with E-state index in [1.54, 1.807) is 5.51 Å². The highest BCUT2D eigenvalue weighted by atomic mass is 32.1. The van der Waals surface area contributed by atoms with Crippen LogP contribution in [0, 0.1) is 13.8 Å². The van der Waals surface area contributed by atoms with Crippen LogP contribution in [-0.4, -0.2) is 21.1 Å². The molecule has 2 heterocycles. The van der Waals surface area contributed by atoms with Gasteiger partial charge in [-0.1, -0.05) is 23.5 Å². The number of hydrogen-bond acceptors (Lipinski definition) is 7. The van der Waals surface area contributed by atoms with Crippen LogP contribution < -0.4 is 10.1 Å². The van der Waals surface area contributed by atoms with Crippen molar-refractivity contribution in [3.05, 3.63) is 50.9 Å². The molecule has 0 spiro atoms. The minimum Gasteiger partial charge on any atom is -0.486 e. The molecule has 8 heteroatoms. The number of nitrogens with zero attached hydrogens (tertiary/aromatic N) is 3. The molecule has 118 valence electrons. The average Bonchev–Trinajstić information content (AvgIpc) is 3.15. The van der Waals surface area contributed by atoms with Gasteiger partial charge in [-0.25, -0.2) is 4.98 Å². The number of carbonyl (C=O) groups excluding carboxylic acids is 1. The molecule has 0 radical (unpaired) electrons. The molecule has 3 rings (SSSR count). The zero-order chi connectivity index (χ0) is 16.2. The van der Waals surface area contributed by atoms with Crippen molar-refractivity contribution in [2.24, 2.45) is 0 Å². The van der Waals surface area contributed by atoms with E-state index in [2.05, 4.69) is 20.5 Å². The number of benzene rings is 1. The van der Waals surface area contributed by atoms with Gasteiger partial charge in [-0.3, -0.25) is 10.1 Å². The standard InChI is InChI=1S/C15H14N4O2S2/c1-9-4-3-5-11(6-9)21-7-12-17-10(2)13(23-12)14(20)18-15-19-16-8-22-15/h3-6,8H,7H2,1-2H3,(H,18,19,20). The predicted octanol–water partition coefficient (Wildman–Crippen LogP) is 3.44. The molecule has 0 unspecified atom stereocenters. The molecule has 0 aliphatic carbocycles. The van der Waals surface area contributed by atoms with Gasteiger partial charge in [0.05, 0.1) is 5.69 Å². The second-order valence-electron chi connectivity index (χ2n) is 4.83. The smallest absolute Gasteiger partial charge is 0.269 e. The topological polar surface area (TPSA) is 77.0 Å². The van der Waals surface area contributed by atoms with E-state index in [9.17, 15) is 4.79 Å². The summed E-state index contributed by atoms with van der Waals surface area (Å²) in [6.07, 6.45) is 0. The van der Waals surface area contributed by atoms with Crippen LogP contribution in [-0.2, 0) is 6.61 Å². The summed E-state index contributed by atoms with van der Waals surface area (Å²) >= 11 is 2.59. The fraction of sp³-hybridized carbons (Fsp3) is 0.200. The highest BCUT2D eigenvalue weighted by Gasteiger charge is 2.16. The Labute approximate surface area is 141 Å². The van der Waals surface area contributed by atoms with Gasteiger partial charge in [0.1, 0.15) is 27.8 Å². The Morgan fingerprint density at radius 3 is 2.96 bits per heavy atom. The first kappa shape index (κ1) is 15.6. The average molecular weight is 346 g/mol. The number of thiazole rings is 1. The summed E-state index contributed by atoms with van der Waals surface area (Å²) in [5, 5.41) is 11.4. The van der Waals surface area contributed by atoms with E-state index >= 15 is 0 Å². The van der Waals surface area contributed by atoms with Crippen LogP contribution in [0.1, 0.15) is 25.9 Å². The second kappa shape index (κ2) is 6.84. The maximum atomic E-state index is 12.2. The van der Waals surface area contributed by atoms with Crippen LogP contribution in [0.2, 0.25) is 0 Å². The molecule has 0 aliphatic heterocycles. The van der Waals surface area contributed by atoms with Crippen LogP contribution in [0.4, 0.5) is 5.13 Å². The number of rotatable bonds is 5. The molecule has 0 bridgehead atoms. The SMILES string of the molecule is Cc1cccc(OCc2nc(C)c(C(=O)Nc3nncs3)s2)c1. The number of aromatic nitrogens is 3. The molecule has 2 aromatic heterocycles. The lowest BCUT2D eigenvalue weighted by Crippen LogP contribution is -2.11. The van der Waals surface area contributed by atoms with Crippen molar-refractivity contribution in [3.8, 4) is 5.75 Å². The highest BCUT2D eigenvalue weighted by Crippen LogP contribution is 2.22. The maximum Gasteiger partial charge on any atom is 0.269 e. The van der Waals surface area contributed by atoms with Crippen molar-refractivity contribution < 1.29 is 9.53 Å². The van der Waals surface area contributed by atoms with Crippen LogP contribution in [0.3, 0.4) is 0 Å². The molecular formula is C15H14N4O2S2. The lowest BCUT2D eigenvalue weighted by molar-refractivity contribution is 0.102. The largest absolute Gasteiger partial charge is 0.486 e. The van der Waals surface area contributed by atoms with E-state index in [4.69, 9.17) is 4.74 Å². The Morgan fingerprint density at radius 1 is 1.35 bits per heavy atom. The van der Waals surface area contributed by atoms with Crippen molar-refractivity contribution in [2.75, 3.05) is 5.32 Å². The van der Waals surface area contributed by atoms with Gasteiger partial charge in [0.2, 0.25) is 5.13 Å².